The van der Waals surface area contributed by atoms with Gasteiger partial charge in [0.1, 0.15) is 12.4 Å². The molecule has 0 fully saturated rings. The summed E-state index contributed by atoms with van der Waals surface area (Å²) in [5, 5.41) is 0. The number of carbonyl (C=O) groups is 1. The summed E-state index contributed by atoms with van der Waals surface area (Å²) in [6, 6.07) is 7.17. The smallest absolute Gasteiger partial charge is 0.163 e. The van der Waals surface area contributed by atoms with Crippen molar-refractivity contribution in [1.82, 2.24) is 0 Å². The Morgan fingerprint density at radius 1 is 1.25 bits per heavy atom. The molecule has 0 bridgehead atoms. The van der Waals surface area contributed by atoms with Crippen LogP contribution < -0.4 is 4.74 Å². The highest BCUT2D eigenvalue weighted by Crippen LogP contribution is 2.17. The van der Waals surface area contributed by atoms with Crippen molar-refractivity contribution >= 4 is 17.4 Å². The van der Waals surface area contributed by atoms with Gasteiger partial charge in [-0.05, 0) is 19.1 Å². The van der Waals surface area contributed by atoms with Crippen LogP contribution in [0.2, 0.25) is 0 Å². The molecule has 0 aromatic heterocycles. The van der Waals surface area contributed by atoms with Gasteiger partial charge in [0.25, 0.3) is 0 Å². The van der Waals surface area contributed by atoms with Crippen molar-refractivity contribution in [3.05, 3.63) is 29.8 Å². The predicted octanol–water partition coefficient (Wildman–Crippen LogP) is 2.52. The maximum atomic E-state index is 11.3. The first-order valence-corrected chi connectivity index (χ1v) is 5.65. The molecule has 0 spiro atoms. The summed E-state index contributed by atoms with van der Waals surface area (Å²) in [7, 11) is 0. The summed E-state index contributed by atoms with van der Waals surface area (Å²) in [5.74, 6) is 1.08. The van der Waals surface area contributed by atoms with E-state index in [0.29, 0.717) is 37.0 Å². The summed E-state index contributed by atoms with van der Waals surface area (Å²) in [6.07, 6.45) is 0. The second-order valence-corrected chi connectivity index (χ2v) is 3.58. The molecule has 0 amide bonds. The Bertz CT molecular complexity index is 339. The van der Waals surface area contributed by atoms with E-state index in [1.54, 1.807) is 12.1 Å². The minimum absolute atomic E-state index is 0.00252. The third kappa shape index (κ3) is 4.21. The average molecular weight is 243 g/mol. The van der Waals surface area contributed by atoms with E-state index >= 15 is 0 Å². The lowest BCUT2D eigenvalue weighted by atomic mass is 10.1. The van der Waals surface area contributed by atoms with Gasteiger partial charge < -0.3 is 9.47 Å². The van der Waals surface area contributed by atoms with Crippen molar-refractivity contribution in [3.63, 3.8) is 0 Å². The molecule has 0 N–H and O–H groups in total. The number of hydrogen-bond acceptors (Lipinski definition) is 3. The van der Waals surface area contributed by atoms with Gasteiger partial charge in [0.05, 0.1) is 18.8 Å². The first-order chi connectivity index (χ1) is 7.75. The second kappa shape index (κ2) is 7.25. The monoisotopic (exact) mass is 242 g/mol. The average Bonchev–Trinajstić information content (AvgIpc) is 2.29. The van der Waals surface area contributed by atoms with Crippen molar-refractivity contribution in [2.45, 2.75) is 6.92 Å². The molecule has 0 saturated carbocycles. The second-order valence-electron chi connectivity index (χ2n) is 3.20. The predicted molar refractivity (Wildman–Crippen MR) is 63.5 cm³/mol. The van der Waals surface area contributed by atoms with E-state index in [1.807, 2.05) is 12.1 Å². The van der Waals surface area contributed by atoms with Gasteiger partial charge in [-0.15, -0.1) is 11.6 Å². The Labute approximate surface area is 100 Å². The highest BCUT2D eigenvalue weighted by Gasteiger charge is 2.06. The Balaban J connectivity index is 2.44. The van der Waals surface area contributed by atoms with Gasteiger partial charge in [-0.2, -0.15) is 0 Å². The molecule has 0 aliphatic rings. The van der Waals surface area contributed by atoms with Gasteiger partial charge >= 0.3 is 0 Å². The molecule has 3 nitrogen and oxygen atoms in total. The summed E-state index contributed by atoms with van der Waals surface area (Å²) >= 11 is 5.45. The zero-order chi connectivity index (χ0) is 11.8. The lowest BCUT2D eigenvalue weighted by molar-refractivity contribution is 0.0992. The lowest BCUT2D eigenvalue weighted by Crippen LogP contribution is -2.09. The van der Waals surface area contributed by atoms with Crippen LogP contribution in [-0.4, -0.2) is 31.5 Å². The first-order valence-electron chi connectivity index (χ1n) is 5.12. The van der Waals surface area contributed by atoms with Gasteiger partial charge in [-0.25, -0.2) is 0 Å². The molecule has 88 valence electrons. The topological polar surface area (TPSA) is 35.5 Å². The summed E-state index contributed by atoms with van der Waals surface area (Å²) < 4.78 is 10.6. The van der Waals surface area contributed by atoms with Crippen LogP contribution in [0.15, 0.2) is 24.3 Å². The zero-order valence-electron chi connectivity index (χ0n) is 9.24. The standard InChI is InChI=1S/C12H15ClO3/c1-10(14)11-4-2-3-5-12(11)16-9-8-15-7-6-13/h2-5H,6-9H2,1H3. The van der Waals surface area contributed by atoms with E-state index in [9.17, 15) is 4.79 Å². The molecule has 0 saturated heterocycles. The van der Waals surface area contributed by atoms with Gasteiger partial charge in [-0.3, -0.25) is 4.79 Å². The van der Waals surface area contributed by atoms with Crippen LogP contribution in [0.5, 0.6) is 5.75 Å². The third-order valence-corrected chi connectivity index (χ3v) is 2.13. The summed E-state index contributed by atoms with van der Waals surface area (Å²) in [5.41, 5.74) is 0.597. The Kier molecular flexibility index (Phi) is 5.90. The number of benzene rings is 1. The molecule has 0 aliphatic heterocycles. The molecular formula is C12H15ClO3. The third-order valence-electron chi connectivity index (χ3n) is 1.97. The van der Waals surface area contributed by atoms with Gasteiger partial charge in [0.2, 0.25) is 0 Å². The van der Waals surface area contributed by atoms with E-state index in [-0.39, 0.29) is 5.78 Å². The van der Waals surface area contributed by atoms with Crippen LogP contribution in [0.3, 0.4) is 0 Å². The number of alkyl halides is 1. The molecule has 4 heteroatoms. The number of rotatable bonds is 7. The molecule has 1 aromatic carbocycles. The highest BCUT2D eigenvalue weighted by atomic mass is 35.5. The van der Waals surface area contributed by atoms with Crippen LogP contribution in [0, 0.1) is 0 Å². The van der Waals surface area contributed by atoms with Gasteiger partial charge in [0.15, 0.2) is 5.78 Å². The molecule has 1 aromatic rings. The zero-order valence-corrected chi connectivity index (χ0v) is 10.00. The number of hydrogen-bond donors (Lipinski definition) is 0. The Hall–Kier alpha value is -1.06. The molecule has 1 rings (SSSR count). The van der Waals surface area contributed by atoms with Crippen LogP contribution in [0.1, 0.15) is 17.3 Å². The Morgan fingerprint density at radius 3 is 2.69 bits per heavy atom. The Morgan fingerprint density at radius 2 is 2.00 bits per heavy atom. The first kappa shape index (κ1) is 13.0. The van der Waals surface area contributed by atoms with Crippen molar-refractivity contribution in [1.29, 1.82) is 0 Å². The van der Waals surface area contributed by atoms with Gasteiger partial charge in [0, 0.05) is 5.88 Å². The van der Waals surface area contributed by atoms with Crippen LogP contribution >= 0.6 is 11.6 Å². The van der Waals surface area contributed by atoms with Crippen molar-refractivity contribution in [2.75, 3.05) is 25.7 Å². The SMILES string of the molecule is CC(=O)c1ccccc1OCCOCCCl. The maximum Gasteiger partial charge on any atom is 0.163 e. The van der Waals surface area contributed by atoms with Crippen LogP contribution in [0.25, 0.3) is 0 Å². The van der Waals surface area contributed by atoms with E-state index in [0.717, 1.165) is 0 Å². The van der Waals surface area contributed by atoms with Crippen LogP contribution in [-0.2, 0) is 4.74 Å². The molecule has 0 unspecified atom stereocenters. The number of Topliss-reactive ketones (excluding diaryl/α,β-unsaturated/α-hetero) is 1. The lowest BCUT2D eigenvalue weighted by Gasteiger charge is -2.09. The molecule has 16 heavy (non-hydrogen) atoms. The molecule has 0 atom stereocenters. The molecule has 0 heterocycles. The van der Waals surface area contributed by atoms with Crippen molar-refractivity contribution in [2.24, 2.45) is 0 Å². The van der Waals surface area contributed by atoms with E-state index in [1.165, 1.54) is 6.92 Å². The largest absolute Gasteiger partial charge is 0.490 e. The summed E-state index contributed by atoms with van der Waals surface area (Å²) in [4.78, 5) is 11.3. The fraction of sp³-hybridized carbons (Fsp3) is 0.417. The summed E-state index contributed by atoms with van der Waals surface area (Å²) in [6.45, 7) is 2.92. The van der Waals surface area contributed by atoms with Crippen LogP contribution in [0.4, 0.5) is 0 Å². The van der Waals surface area contributed by atoms with Crippen molar-refractivity contribution < 1.29 is 14.3 Å². The molecule has 0 radical (unpaired) electrons. The molecule has 0 aliphatic carbocycles. The minimum atomic E-state index is -0.00252. The number of carbonyl (C=O) groups excluding carboxylic acids is 1. The van der Waals surface area contributed by atoms with E-state index < -0.39 is 0 Å². The highest BCUT2D eigenvalue weighted by molar-refractivity contribution is 6.17. The maximum absolute atomic E-state index is 11.3. The van der Waals surface area contributed by atoms with Crippen molar-refractivity contribution in [3.8, 4) is 5.75 Å². The quantitative estimate of drug-likeness (QED) is 0.419. The normalized spacial score (nSPS) is 10.1. The number of ether oxygens (including phenoxy) is 2. The fourth-order valence-electron chi connectivity index (χ4n) is 1.25. The van der Waals surface area contributed by atoms with E-state index in [4.69, 9.17) is 21.1 Å². The molecular weight excluding hydrogens is 228 g/mol. The van der Waals surface area contributed by atoms with E-state index in [2.05, 4.69) is 0 Å². The minimum Gasteiger partial charge on any atom is -0.490 e. The number of ketones is 1. The fourth-order valence-corrected chi connectivity index (χ4v) is 1.36. The number of para-hydroxylation sites is 1. The number of halogens is 1. The van der Waals surface area contributed by atoms with Gasteiger partial charge in [-0.1, -0.05) is 12.1 Å².